The molecule has 2 N–H and O–H groups in total. The Balaban J connectivity index is 1.99. The zero-order valence-electron chi connectivity index (χ0n) is 11.0. The highest BCUT2D eigenvalue weighted by molar-refractivity contribution is 6.32. The van der Waals surface area contributed by atoms with Crippen LogP contribution in [0.25, 0.3) is 6.08 Å². The maximum Gasteiger partial charge on any atom is 0.244 e. The SMILES string of the molecule is O=C(/C=C/c1c(F)cccc1Cl)N[C@H]1CCCC[C@@H]1O. The second-order valence-corrected chi connectivity index (χ2v) is 5.34. The number of carbonyl (C=O) groups is 1. The standard InChI is InChI=1S/C15H17ClFNO2/c16-11-4-3-5-12(17)10(11)8-9-15(20)18-13-6-1-2-7-14(13)19/h3-5,8-9,13-14,19H,1-2,6-7H2,(H,18,20)/b9-8+/t13-,14-/m0/s1. The van der Waals surface area contributed by atoms with Crippen LogP contribution >= 0.6 is 11.6 Å². The Morgan fingerprint density at radius 2 is 2.15 bits per heavy atom. The van der Waals surface area contributed by atoms with Gasteiger partial charge in [0.05, 0.1) is 17.2 Å². The number of amides is 1. The average Bonchev–Trinajstić information content (AvgIpc) is 2.41. The number of carbonyl (C=O) groups excluding carboxylic acids is 1. The lowest BCUT2D eigenvalue weighted by Crippen LogP contribution is -2.44. The predicted octanol–water partition coefficient (Wildman–Crippen LogP) is 2.91. The van der Waals surface area contributed by atoms with Crippen LogP contribution in [0.5, 0.6) is 0 Å². The summed E-state index contributed by atoms with van der Waals surface area (Å²) in [5.41, 5.74) is 0.188. The highest BCUT2D eigenvalue weighted by Gasteiger charge is 2.23. The van der Waals surface area contributed by atoms with E-state index < -0.39 is 11.9 Å². The molecule has 1 amide bonds. The monoisotopic (exact) mass is 297 g/mol. The van der Waals surface area contributed by atoms with Gasteiger partial charge in [-0.1, -0.05) is 30.5 Å². The maximum absolute atomic E-state index is 13.5. The van der Waals surface area contributed by atoms with Crippen LogP contribution in [-0.2, 0) is 4.79 Å². The third kappa shape index (κ3) is 3.81. The first-order chi connectivity index (χ1) is 9.58. The highest BCUT2D eigenvalue weighted by atomic mass is 35.5. The minimum Gasteiger partial charge on any atom is -0.391 e. The lowest BCUT2D eigenvalue weighted by Gasteiger charge is -2.27. The summed E-state index contributed by atoms with van der Waals surface area (Å²) in [5, 5.41) is 12.8. The molecule has 20 heavy (non-hydrogen) atoms. The Hall–Kier alpha value is -1.39. The van der Waals surface area contributed by atoms with Crippen molar-refractivity contribution in [1.29, 1.82) is 0 Å². The second-order valence-electron chi connectivity index (χ2n) is 4.94. The first kappa shape index (κ1) is 15.0. The van der Waals surface area contributed by atoms with Gasteiger partial charge in [0.1, 0.15) is 5.82 Å². The van der Waals surface area contributed by atoms with E-state index in [1.54, 1.807) is 6.07 Å². The molecule has 1 aliphatic carbocycles. The van der Waals surface area contributed by atoms with Gasteiger partial charge in [-0.3, -0.25) is 4.79 Å². The fourth-order valence-corrected chi connectivity index (χ4v) is 2.57. The van der Waals surface area contributed by atoms with Gasteiger partial charge in [-0.05, 0) is 31.1 Å². The van der Waals surface area contributed by atoms with Gasteiger partial charge in [-0.2, -0.15) is 0 Å². The van der Waals surface area contributed by atoms with Crippen molar-refractivity contribution in [2.75, 3.05) is 0 Å². The van der Waals surface area contributed by atoms with Gasteiger partial charge >= 0.3 is 0 Å². The molecule has 1 aromatic carbocycles. The summed E-state index contributed by atoms with van der Waals surface area (Å²) in [6, 6.07) is 4.13. The van der Waals surface area contributed by atoms with E-state index in [0.717, 1.165) is 19.3 Å². The van der Waals surface area contributed by atoms with Crippen molar-refractivity contribution < 1.29 is 14.3 Å². The van der Waals surface area contributed by atoms with E-state index in [9.17, 15) is 14.3 Å². The lowest BCUT2D eigenvalue weighted by atomic mass is 9.92. The molecule has 0 spiro atoms. The Morgan fingerprint density at radius 1 is 1.40 bits per heavy atom. The Bertz CT molecular complexity index is 498. The summed E-state index contributed by atoms with van der Waals surface area (Å²) < 4.78 is 13.5. The lowest BCUT2D eigenvalue weighted by molar-refractivity contribution is -0.118. The molecular formula is C15H17ClFNO2. The molecule has 0 aromatic heterocycles. The Labute approximate surface area is 122 Å². The molecule has 0 bridgehead atoms. The van der Waals surface area contributed by atoms with Crippen LogP contribution in [0.1, 0.15) is 31.2 Å². The Morgan fingerprint density at radius 3 is 2.85 bits per heavy atom. The number of nitrogens with one attached hydrogen (secondary N) is 1. The molecule has 108 valence electrons. The zero-order chi connectivity index (χ0) is 14.5. The Kier molecular flexibility index (Phi) is 5.15. The average molecular weight is 298 g/mol. The number of benzene rings is 1. The number of hydrogen-bond acceptors (Lipinski definition) is 2. The van der Waals surface area contributed by atoms with Crippen LogP contribution in [0.2, 0.25) is 5.02 Å². The summed E-state index contributed by atoms with van der Waals surface area (Å²) in [6.45, 7) is 0. The van der Waals surface area contributed by atoms with Crippen molar-refractivity contribution in [1.82, 2.24) is 5.32 Å². The summed E-state index contributed by atoms with van der Waals surface area (Å²) in [5.74, 6) is -0.825. The van der Waals surface area contributed by atoms with Crippen molar-refractivity contribution in [3.8, 4) is 0 Å². The van der Waals surface area contributed by atoms with Crippen molar-refractivity contribution >= 4 is 23.6 Å². The minimum absolute atomic E-state index is 0.188. The van der Waals surface area contributed by atoms with Gasteiger partial charge in [-0.25, -0.2) is 4.39 Å². The van der Waals surface area contributed by atoms with Gasteiger partial charge in [0, 0.05) is 11.6 Å². The number of aliphatic hydroxyl groups is 1. The van der Waals surface area contributed by atoms with Crippen LogP contribution in [0.3, 0.4) is 0 Å². The number of rotatable bonds is 3. The van der Waals surface area contributed by atoms with Crippen molar-refractivity contribution in [3.63, 3.8) is 0 Å². The van der Waals surface area contributed by atoms with Gasteiger partial charge in [0.2, 0.25) is 5.91 Å². The van der Waals surface area contributed by atoms with E-state index in [-0.39, 0.29) is 22.5 Å². The highest BCUT2D eigenvalue weighted by Crippen LogP contribution is 2.21. The predicted molar refractivity (Wildman–Crippen MR) is 76.8 cm³/mol. The summed E-state index contributed by atoms with van der Waals surface area (Å²) in [7, 11) is 0. The molecule has 0 aliphatic heterocycles. The van der Waals surface area contributed by atoms with Crippen molar-refractivity contribution in [2.45, 2.75) is 37.8 Å². The second kappa shape index (κ2) is 6.86. The molecule has 1 fully saturated rings. The van der Waals surface area contributed by atoms with E-state index in [1.165, 1.54) is 24.3 Å². The molecule has 0 heterocycles. The van der Waals surface area contributed by atoms with Crippen LogP contribution < -0.4 is 5.32 Å². The molecular weight excluding hydrogens is 281 g/mol. The van der Waals surface area contributed by atoms with E-state index in [4.69, 9.17) is 11.6 Å². The first-order valence-corrected chi connectivity index (χ1v) is 7.06. The van der Waals surface area contributed by atoms with Crippen molar-refractivity contribution in [2.24, 2.45) is 0 Å². The maximum atomic E-state index is 13.5. The van der Waals surface area contributed by atoms with Crippen LogP contribution in [-0.4, -0.2) is 23.2 Å². The third-order valence-electron chi connectivity index (χ3n) is 3.46. The molecule has 3 nitrogen and oxygen atoms in total. The van der Waals surface area contributed by atoms with Gasteiger partial charge in [0.15, 0.2) is 0 Å². The first-order valence-electron chi connectivity index (χ1n) is 6.68. The van der Waals surface area contributed by atoms with E-state index >= 15 is 0 Å². The van der Waals surface area contributed by atoms with E-state index in [1.807, 2.05) is 0 Å². The molecule has 0 saturated heterocycles. The molecule has 5 heteroatoms. The fourth-order valence-electron chi connectivity index (χ4n) is 2.34. The molecule has 2 atom stereocenters. The minimum atomic E-state index is -0.502. The van der Waals surface area contributed by atoms with Crippen molar-refractivity contribution in [3.05, 3.63) is 40.7 Å². The molecule has 1 saturated carbocycles. The molecule has 0 radical (unpaired) electrons. The summed E-state index contributed by atoms with van der Waals surface area (Å²) >= 11 is 5.87. The molecule has 1 aromatic rings. The quantitative estimate of drug-likeness (QED) is 0.843. The topological polar surface area (TPSA) is 49.3 Å². The van der Waals surface area contributed by atoms with Gasteiger partial charge in [0.25, 0.3) is 0 Å². The fraction of sp³-hybridized carbons (Fsp3) is 0.400. The molecule has 1 aliphatic rings. The van der Waals surface area contributed by atoms with E-state index in [0.29, 0.717) is 6.42 Å². The van der Waals surface area contributed by atoms with Gasteiger partial charge < -0.3 is 10.4 Å². The number of halogens is 2. The van der Waals surface area contributed by atoms with E-state index in [2.05, 4.69) is 5.32 Å². The molecule has 0 unspecified atom stereocenters. The van der Waals surface area contributed by atoms with Crippen LogP contribution in [0.15, 0.2) is 24.3 Å². The number of aliphatic hydroxyl groups excluding tert-OH is 1. The smallest absolute Gasteiger partial charge is 0.244 e. The zero-order valence-corrected chi connectivity index (χ0v) is 11.7. The molecule has 2 rings (SSSR count). The summed E-state index contributed by atoms with van der Waals surface area (Å²) in [6.07, 6.45) is 5.53. The number of hydrogen-bond donors (Lipinski definition) is 2. The normalized spacial score (nSPS) is 22.9. The summed E-state index contributed by atoms with van der Waals surface area (Å²) in [4.78, 5) is 11.8. The van der Waals surface area contributed by atoms with Crippen LogP contribution in [0, 0.1) is 5.82 Å². The third-order valence-corrected chi connectivity index (χ3v) is 3.79. The van der Waals surface area contributed by atoms with Crippen LogP contribution in [0.4, 0.5) is 4.39 Å². The van der Waals surface area contributed by atoms with Gasteiger partial charge in [-0.15, -0.1) is 0 Å². The largest absolute Gasteiger partial charge is 0.391 e.